The third kappa shape index (κ3) is 4.13. The van der Waals surface area contributed by atoms with E-state index in [9.17, 15) is 13.2 Å². The predicted molar refractivity (Wildman–Crippen MR) is 51.7 cm³/mol. The molecule has 0 spiro atoms. The van der Waals surface area contributed by atoms with E-state index < -0.39 is 12.2 Å². The maximum absolute atomic E-state index is 12.0. The first-order valence-electron chi connectivity index (χ1n) is 3.25. The van der Waals surface area contributed by atoms with Crippen LogP contribution in [0.1, 0.15) is 11.7 Å². The summed E-state index contributed by atoms with van der Waals surface area (Å²) in [5.41, 5.74) is 4.72. The van der Waals surface area contributed by atoms with Gasteiger partial charge in [0.25, 0.3) is 0 Å². The number of alkyl halides is 3. The van der Waals surface area contributed by atoms with Gasteiger partial charge >= 0.3 is 6.18 Å². The minimum absolute atomic E-state index is 0. The summed E-state index contributed by atoms with van der Waals surface area (Å²) >= 11 is 0. The Bertz CT molecular complexity index is 253. The Morgan fingerprint density at radius 2 is 1.79 bits per heavy atom. The van der Waals surface area contributed by atoms with Crippen molar-refractivity contribution >= 4 is 24.8 Å². The summed E-state index contributed by atoms with van der Waals surface area (Å²) in [7, 11) is 0. The second-order valence-electron chi connectivity index (χ2n) is 2.27. The molecule has 1 aromatic rings. The van der Waals surface area contributed by atoms with E-state index in [1.807, 2.05) is 0 Å². The van der Waals surface area contributed by atoms with Crippen LogP contribution in [-0.2, 0) is 0 Å². The lowest BCUT2D eigenvalue weighted by molar-refractivity contribution is -0.150. The first-order chi connectivity index (χ1) is 5.52. The fourth-order valence-corrected chi connectivity index (χ4v) is 0.728. The topological polar surface area (TPSA) is 38.9 Å². The molecular weight excluding hydrogens is 240 g/mol. The second-order valence-corrected chi connectivity index (χ2v) is 2.27. The Morgan fingerprint density at radius 1 is 1.21 bits per heavy atom. The number of hydrogen-bond acceptors (Lipinski definition) is 2. The van der Waals surface area contributed by atoms with Crippen molar-refractivity contribution in [2.24, 2.45) is 5.73 Å². The van der Waals surface area contributed by atoms with E-state index in [4.69, 9.17) is 5.73 Å². The molecule has 7 heteroatoms. The number of pyridine rings is 1. The van der Waals surface area contributed by atoms with Crippen molar-refractivity contribution in [3.8, 4) is 0 Å². The number of aromatic nitrogens is 1. The molecule has 1 rings (SSSR count). The van der Waals surface area contributed by atoms with E-state index in [1.165, 1.54) is 24.4 Å². The molecule has 0 fully saturated rings. The molecule has 0 aliphatic carbocycles. The van der Waals surface area contributed by atoms with E-state index in [0.717, 1.165) is 0 Å². The molecule has 82 valence electrons. The van der Waals surface area contributed by atoms with Gasteiger partial charge in [-0.15, -0.1) is 24.8 Å². The van der Waals surface area contributed by atoms with Gasteiger partial charge in [0.05, 0.1) is 5.69 Å². The molecule has 1 aromatic heterocycles. The van der Waals surface area contributed by atoms with Gasteiger partial charge < -0.3 is 5.73 Å². The lowest BCUT2D eigenvalue weighted by atomic mass is 10.2. The largest absolute Gasteiger partial charge is 0.409 e. The van der Waals surface area contributed by atoms with Crippen molar-refractivity contribution in [1.29, 1.82) is 0 Å². The minimum Gasteiger partial charge on any atom is -0.315 e. The van der Waals surface area contributed by atoms with E-state index in [1.54, 1.807) is 0 Å². The van der Waals surface area contributed by atoms with Gasteiger partial charge in [0.15, 0.2) is 0 Å². The van der Waals surface area contributed by atoms with E-state index in [2.05, 4.69) is 4.98 Å². The molecule has 1 atom stereocenters. The van der Waals surface area contributed by atoms with Gasteiger partial charge in [-0.1, -0.05) is 6.07 Å². The van der Waals surface area contributed by atoms with Crippen LogP contribution < -0.4 is 5.73 Å². The van der Waals surface area contributed by atoms with Crippen molar-refractivity contribution < 1.29 is 13.2 Å². The third-order valence-corrected chi connectivity index (χ3v) is 1.36. The van der Waals surface area contributed by atoms with Crippen molar-refractivity contribution in [3.63, 3.8) is 0 Å². The molecule has 0 aromatic carbocycles. The molecule has 0 aliphatic heterocycles. The molecule has 0 bridgehead atoms. The van der Waals surface area contributed by atoms with Crippen LogP contribution >= 0.6 is 24.8 Å². The molecule has 2 N–H and O–H groups in total. The van der Waals surface area contributed by atoms with Crippen LogP contribution in [0.15, 0.2) is 24.4 Å². The molecule has 14 heavy (non-hydrogen) atoms. The maximum Gasteiger partial charge on any atom is 0.409 e. The van der Waals surface area contributed by atoms with Gasteiger partial charge in [-0.25, -0.2) is 0 Å². The first-order valence-corrected chi connectivity index (χ1v) is 3.25. The fraction of sp³-hybridized carbons (Fsp3) is 0.286. The molecule has 0 aliphatic rings. The highest BCUT2D eigenvalue weighted by Crippen LogP contribution is 2.28. The monoisotopic (exact) mass is 248 g/mol. The first kappa shape index (κ1) is 15.9. The second kappa shape index (κ2) is 6.06. The molecule has 0 saturated carbocycles. The molecule has 1 heterocycles. The van der Waals surface area contributed by atoms with Gasteiger partial charge in [0.2, 0.25) is 0 Å². The molecule has 0 unspecified atom stereocenters. The highest BCUT2D eigenvalue weighted by atomic mass is 35.5. The predicted octanol–water partition coefficient (Wildman–Crippen LogP) is 2.49. The SMILES string of the molecule is Cl.Cl.N[C@@H](c1ccccn1)C(F)(F)F. The average Bonchev–Trinajstić information content (AvgIpc) is 2.03. The number of hydrogen-bond donors (Lipinski definition) is 1. The smallest absolute Gasteiger partial charge is 0.315 e. The van der Waals surface area contributed by atoms with Gasteiger partial charge in [0.1, 0.15) is 6.04 Å². The quantitative estimate of drug-likeness (QED) is 0.830. The summed E-state index contributed by atoms with van der Waals surface area (Å²) in [5, 5.41) is 0. The van der Waals surface area contributed by atoms with Crippen LogP contribution in [0.3, 0.4) is 0 Å². The molecule has 0 saturated heterocycles. The number of rotatable bonds is 1. The number of nitrogens with two attached hydrogens (primary N) is 1. The summed E-state index contributed by atoms with van der Waals surface area (Å²) in [5.74, 6) is 0. The van der Waals surface area contributed by atoms with Crippen molar-refractivity contribution in [2.45, 2.75) is 12.2 Å². The lowest BCUT2D eigenvalue weighted by Crippen LogP contribution is -2.29. The summed E-state index contributed by atoms with van der Waals surface area (Å²) in [6.07, 6.45) is -3.14. The van der Waals surface area contributed by atoms with Crippen LogP contribution in [0.25, 0.3) is 0 Å². The van der Waals surface area contributed by atoms with E-state index >= 15 is 0 Å². The Labute approximate surface area is 91.5 Å². The molecule has 0 amide bonds. The minimum atomic E-state index is -4.42. The average molecular weight is 249 g/mol. The summed E-state index contributed by atoms with van der Waals surface area (Å²) < 4.78 is 35.9. The van der Waals surface area contributed by atoms with Crippen LogP contribution in [-0.4, -0.2) is 11.2 Å². The highest BCUT2D eigenvalue weighted by molar-refractivity contribution is 5.85. The Kier molecular flexibility index (Phi) is 6.89. The van der Waals surface area contributed by atoms with E-state index in [-0.39, 0.29) is 30.5 Å². The zero-order chi connectivity index (χ0) is 9.19. The summed E-state index contributed by atoms with van der Waals surface area (Å²) in [6, 6.07) is 2.26. The molecular formula is C7H9Cl2F3N2. The maximum atomic E-state index is 12.0. The third-order valence-electron chi connectivity index (χ3n) is 1.36. The normalized spacial score (nSPS) is 12.3. The standard InChI is InChI=1S/C7H7F3N2.2ClH/c8-7(9,10)6(11)5-3-1-2-4-12-5;;/h1-4,6H,11H2;2*1H/t6-;;/m0../s1. The van der Waals surface area contributed by atoms with Crippen LogP contribution in [0.5, 0.6) is 0 Å². The molecule has 0 radical (unpaired) electrons. The zero-order valence-electron chi connectivity index (χ0n) is 6.86. The fourth-order valence-electron chi connectivity index (χ4n) is 0.728. The van der Waals surface area contributed by atoms with Gasteiger partial charge in [-0.3, -0.25) is 4.98 Å². The van der Waals surface area contributed by atoms with Gasteiger partial charge in [0, 0.05) is 6.20 Å². The van der Waals surface area contributed by atoms with Crippen LogP contribution in [0.2, 0.25) is 0 Å². The van der Waals surface area contributed by atoms with Crippen molar-refractivity contribution in [3.05, 3.63) is 30.1 Å². The highest BCUT2D eigenvalue weighted by Gasteiger charge is 2.38. The Hall–Kier alpha value is -0.520. The number of nitrogens with zero attached hydrogens (tertiary/aromatic N) is 1. The molecule has 2 nitrogen and oxygen atoms in total. The van der Waals surface area contributed by atoms with E-state index in [0.29, 0.717) is 0 Å². The zero-order valence-corrected chi connectivity index (χ0v) is 8.49. The number of halogens is 5. The van der Waals surface area contributed by atoms with Crippen molar-refractivity contribution in [1.82, 2.24) is 4.98 Å². The van der Waals surface area contributed by atoms with Crippen LogP contribution in [0.4, 0.5) is 13.2 Å². The lowest BCUT2D eigenvalue weighted by Gasteiger charge is -2.13. The Balaban J connectivity index is 0. The summed E-state index contributed by atoms with van der Waals surface area (Å²) in [6.45, 7) is 0. The van der Waals surface area contributed by atoms with Crippen molar-refractivity contribution in [2.75, 3.05) is 0 Å². The summed E-state index contributed by atoms with van der Waals surface area (Å²) in [4.78, 5) is 3.50. The van der Waals surface area contributed by atoms with Gasteiger partial charge in [-0.05, 0) is 12.1 Å². The van der Waals surface area contributed by atoms with Gasteiger partial charge in [-0.2, -0.15) is 13.2 Å². The Morgan fingerprint density at radius 3 is 2.14 bits per heavy atom. The van der Waals surface area contributed by atoms with Crippen LogP contribution in [0, 0.1) is 0 Å².